The second-order valence-corrected chi connectivity index (χ2v) is 4.74. The van der Waals surface area contributed by atoms with E-state index in [0.717, 1.165) is 31.7 Å². The van der Waals surface area contributed by atoms with Crippen molar-refractivity contribution in [3.8, 4) is 0 Å². The maximum absolute atomic E-state index is 5.96. The summed E-state index contributed by atoms with van der Waals surface area (Å²) < 4.78 is 10.6. The Kier molecular flexibility index (Phi) is 2.37. The molecule has 2 fully saturated rings. The van der Waals surface area contributed by atoms with Crippen LogP contribution in [-0.2, 0) is 22.3 Å². The van der Waals surface area contributed by atoms with E-state index in [-0.39, 0.29) is 0 Å². The normalized spacial score (nSPS) is 26.8. The molecule has 3 heteroatoms. The van der Waals surface area contributed by atoms with E-state index in [2.05, 4.69) is 13.0 Å². The zero-order valence-electron chi connectivity index (χ0n) is 9.53. The highest BCUT2D eigenvalue weighted by atomic mass is 16.6. The van der Waals surface area contributed by atoms with Crippen LogP contribution in [0.1, 0.15) is 16.7 Å². The van der Waals surface area contributed by atoms with Crippen LogP contribution in [0.25, 0.3) is 0 Å². The van der Waals surface area contributed by atoms with Crippen molar-refractivity contribution in [2.24, 2.45) is 0 Å². The number of nitrogen functional groups attached to an aromatic ring is 1. The van der Waals surface area contributed by atoms with Crippen LogP contribution in [-0.4, -0.2) is 25.4 Å². The van der Waals surface area contributed by atoms with Crippen molar-refractivity contribution in [3.05, 3.63) is 28.8 Å². The number of hydrogen-bond acceptors (Lipinski definition) is 3. The fourth-order valence-corrected chi connectivity index (χ4v) is 2.15. The van der Waals surface area contributed by atoms with Gasteiger partial charge in [0.1, 0.15) is 0 Å². The predicted octanol–water partition coefficient (Wildman–Crippen LogP) is 1.46. The number of nitrogens with two attached hydrogens (primary N) is 1. The molecular weight excluding hydrogens is 202 g/mol. The highest BCUT2D eigenvalue weighted by Crippen LogP contribution is 2.28. The van der Waals surface area contributed by atoms with Gasteiger partial charge < -0.3 is 15.2 Å². The third kappa shape index (κ3) is 2.06. The van der Waals surface area contributed by atoms with Crippen molar-refractivity contribution in [1.29, 1.82) is 0 Å². The van der Waals surface area contributed by atoms with E-state index in [0.29, 0.717) is 12.2 Å². The fourth-order valence-electron chi connectivity index (χ4n) is 2.15. The molecule has 2 saturated heterocycles. The Bertz CT molecular complexity index is 409. The third-order valence-corrected chi connectivity index (χ3v) is 3.42. The molecule has 16 heavy (non-hydrogen) atoms. The highest BCUT2D eigenvalue weighted by Gasteiger charge is 2.28. The molecule has 0 aliphatic carbocycles. The summed E-state index contributed by atoms with van der Waals surface area (Å²) >= 11 is 0. The Morgan fingerprint density at radius 3 is 2.44 bits per heavy atom. The summed E-state index contributed by atoms with van der Waals surface area (Å²) in [6, 6.07) is 4.14. The van der Waals surface area contributed by atoms with Gasteiger partial charge in [0, 0.05) is 18.5 Å². The maximum Gasteiger partial charge on any atom is 0.0850 e. The molecule has 2 N–H and O–H groups in total. The van der Waals surface area contributed by atoms with Crippen LogP contribution in [0, 0.1) is 6.92 Å². The van der Waals surface area contributed by atoms with E-state index < -0.39 is 0 Å². The van der Waals surface area contributed by atoms with Crippen molar-refractivity contribution in [2.45, 2.75) is 32.0 Å². The molecule has 2 aliphatic heterocycles. The van der Waals surface area contributed by atoms with Gasteiger partial charge in [0.2, 0.25) is 0 Å². The summed E-state index contributed by atoms with van der Waals surface area (Å²) in [5.74, 6) is 0. The average molecular weight is 219 g/mol. The van der Waals surface area contributed by atoms with E-state index in [1.807, 2.05) is 6.07 Å². The molecular formula is C13H17NO2. The Hall–Kier alpha value is -1.06. The predicted molar refractivity (Wildman–Crippen MR) is 62.5 cm³/mol. The first-order valence-electron chi connectivity index (χ1n) is 5.84. The molecule has 1 aromatic rings. The van der Waals surface area contributed by atoms with Gasteiger partial charge in [-0.3, -0.25) is 0 Å². The topological polar surface area (TPSA) is 51.1 Å². The van der Waals surface area contributed by atoms with Crippen LogP contribution < -0.4 is 5.73 Å². The molecule has 0 aromatic heterocycles. The molecule has 0 radical (unpaired) electrons. The van der Waals surface area contributed by atoms with Crippen molar-refractivity contribution in [2.75, 3.05) is 18.9 Å². The van der Waals surface area contributed by atoms with Crippen LogP contribution in [0.2, 0.25) is 0 Å². The van der Waals surface area contributed by atoms with E-state index >= 15 is 0 Å². The smallest absolute Gasteiger partial charge is 0.0850 e. The first kappa shape index (κ1) is 10.1. The highest BCUT2D eigenvalue weighted by molar-refractivity contribution is 5.53. The minimum Gasteiger partial charge on any atom is -0.399 e. The summed E-state index contributed by atoms with van der Waals surface area (Å²) in [5.41, 5.74) is 10.8. The minimum atomic E-state index is 0.416. The molecule has 2 aliphatic rings. The van der Waals surface area contributed by atoms with Crippen LogP contribution in [0.3, 0.4) is 0 Å². The third-order valence-electron chi connectivity index (χ3n) is 3.42. The zero-order chi connectivity index (χ0) is 11.1. The standard InChI is InChI=1S/C13H17NO2/c1-8-12(5-11-7-16-11)9(2-3-13(8)14)4-10-6-15-10/h2-3,10-11H,4-7,14H2,1H3. The minimum absolute atomic E-state index is 0.416. The Labute approximate surface area is 95.5 Å². The molecule has 86 valence electrons. The quantitative estimate of drug-likeness (QED) is 0.616. The lowest BCUT2D eigenvalue weighted by Gasteiger charge is -2.13. The molecule has 0 spiro atoms. The first-order chi connectivity index (χ1) is 7.74. The van der Waals surface area contributed by atoms with Crippen LogP contribution in [0.5, 0.6) is 0 Å². The van der Waals surface area contributed by atoms with Crippen LogP contribution in [0.15, 0.2) is 12.1 Å². The number of benzene rings is 1. The van der Waals surface area contributed by atoms with Gasteiger partial charge in [-0.15, -0.1) is 0 Å². The number of epoxide rings is 2. The second-order valence-electron chi connectivity index (χ2n) is 4.74. The molecule has 3 nitrogen and oxygen atoms in total. The Morgan fingerprint density at radius 2 is 1.81 bits per heavy atom. The summed E-state index contributed by atoms with van der Waals surface area (Å²) in [6.45, 7) is 3.90. The van der Waals surface area contributed by atoms with E-state index in [1.165, 1.54) is 16.7 Å². The summed E-state index contributed by atoms with van der Waals surface area (Å²) in [5, 5.41) is 0. The van der Waals surface area contributed by atoms with E-state index in [9.17, 15) is 0 Å². The first-order valence-corrected chi connectivity index (χ1v) is 5.84. The van der Waals surface area contributed by atoms with Crippen molar-refractivity contribution in [1.82, 2.24) is 0 Å². The van der Waals surface area contributed by atoms with Gasteiger partial charge in [-0.2, -0.15) is 0 Å². The van der Waals surface area contributed by atoms with Gasteiger partial charge >= 0.3 is 0 Å². The average Bonchev–Trinajstić information content (AvgIpc) is 3.11. The van der Waals surface area contributed by atoms with Gasteiger partial charge in [0.25, 0.3) is 0 Å². The SMILES string of the molecule is Cc1c(N)ccc(CC2CO2)c1CC1CO1. The molecule has 2 unspecified atom stereocenters. The summed E-state index contributed by atoms with van der Waals surface area (Å²) in [4.78, 5) is 0. The van der Waals surface area contributed by atoms with Gasteiger partial charge in [-0.1, -0.05) is 6.07 Å². The zero-order valence-corrected chi connectivity index (χ0v) is 9.53. The monoisotopic (exact) mass is 219 g/mol. The number of ether oxygens (including phenoxy) is 2. The van der Waals surface area contributed by atoms with E-state index in [4.69, 9.17) is 15.2 Å². The van der Waals surface area contributed by atoms with Gasteiger partial charge in [-0.05, 0) is 29.7 Å². The Balaban J connectivity index is 1.89. The largest absolute Gasteiger partial charge is 0.399 e. The molecule has 1 aromatic carbocycles. The van der Waals surface area contributed by atoms with Crippen molar-refractivity contribution < 1.29 is 9.47 Å². The lowest BCUT2D eigenvalue weighted by molar-refractivity contribution is 0.401. The molecule has 2 atom stereocenters. The second kappa shape index (κ2) is 3.75. The Morgan fingerprint density at radius 1 is 1.19 bits per heavy atom. The lowest BCUT2D eigenvalue weighted by atomic mass is 9.94. The van der Waals surface area contributed by atoms with Crippen molar-refractivity contribution >= 4 is 5.69 Å². The summed E-state index contributed by atoms with van der Waals surface area (Å²) in [7, 11) is 0. The number of rotatable bonds is 4. The maximum atomic E-state index is 5.96. The molecule has 3 rings (SSSR count). The summed E-state index contributed by atoms with van der Waals surface area (Å²) in [6.07, 6.45) is 2.86. The molecule has 2 heterocycles. The molecule has 0 amide bonds. The van der Waals surface area contributed by atoms with Crippen LogP contribution in [0.4, 0.5) is 5.69 Å². The van der Waals surface area contributed by atoms with Gasteiger partial charge in [-0.25, -0.2) is 0 Å². The molecule has 0 bridgehead atoms. The van der Waals surface area contributed by atoms with Gasteiger partial charge in [0.05, 0.1) is 25.4 Å². The van der Waals surface area contributed by atoms with E-state index in [1.54, 1.807) is 0 Å². The fraction of sp³-hybridized carbons (Fsp3) is 0.538. The van der Waals surface area contributed by atoms with Crippen LogP contribution >= 0.6 is 0 Å². The lowest BCUT2D eigenvalue weighted by Crippen LogP contribution is -2.06. The molecule has 0 saturated carbocycles. The van der Waals surface area contributed by atoms with Gasteiger partial charge in [0.15, 0.2) is 0 Å². The number of hydrogen-bond donors (Lipinski definition) is 1. The number of anilines is 1. The van der Waals surface area contributed by atoms with Crippen molar-refractivity contribution in [3.63, 3.8) is 0 Å².